The van der Waals surface area contributed by atoms with E-state index in [4.69, 9.17) is 9.47 Å². The number of hydrogen-bond acceptors (Lipinski definition) is 2. The number of hydrogen-bond donors (Lipinski definition) is 0. The van der Waals surface area contributed by atoms with Gasteiger partial charge in [-0.3, -0.25) is 0 Å². The Morgan fingerprint density at radius 2 is 1.50 bits per heavy atom. The first kappa shape index (κ1) is 12.0. The van der Waals surface area contributed by atoms with E-state index >= 15 is 0 Å². The highest BCUT2D eigenvalue weighted by atomic mass is 16.7. The van der Waals surface area contributed by atoms with Crippen LogP contribution < -0.4 is 0 Å². The van der Waals surface area contributed by atoms with Gasteiger partial charge in [0.15, 0.2) is 5.79 Å². The fraction of sp³-hybridized carbons (Fsp3) is 1.00. The zero-order chi connectivity index (χ0) is 10.6. The maximum Gasteiger partial charge on any atom is 0.163 e. The van der Waals surface area contributed by atoms with Gasteiger partial charge in [0, 0.05) is 0 Å². The molecule has 0 spiro atoms. The van der Waals surface area contributed by atoms with E-state index in [2.05, 4.69) is 13.8 Å². The van der Waals surface area contributed by atoms with Crippen LogP contribution in [0.1, 0.15) is 59.8 Å². The molecule has 0 aromatic carbocycles. The minimum atomic E-state index is -0.363. The number of rotatable bonds is 5. The first-order chi connectivity index (χ1) is 6.59. The summed E-state index contributed by atoms with van der Waals surface area (Å²) in [6, 6.07) is 0. The molecule has 2 nitrogen and oxygen atoms in total. The molecule has 0 amide bonds. The average molecular weight is 200 g/mol. The third kappa shape index (κ3) is 3.25. The second kappa shape index (κ2) is 5.13. The van der Waals surface area contributed by atoms with E-state index in [1.54, 1.807) is 0 Å². The summed E-state index contributed by atoms with van der Waals surface area (Å²) in [7, 11) is 0. The Hall–Kier alpha value is -0.0800. The van der Waals surface area contributed by atoms with Crippen molar-refractivity contribution in [1.29, 1.82) is 0 Å². The van der Waals surface area contributed by atoms with Gasteiger partial charge in [-0.25, -0.2) is 0 Å². The highest BCUT2D eigenvalue weighted by Gasteiger charge is 2.39. The Morgan fingerprint density at radius 3 is 2.00 bits per heavy atom. The zero-order valence-corrected chi connectivity index (χ0v) is 10.0. The fourth-order valence-corrected chi connectivity index (χ4v) is 2.09. The molecule has 1 aliphatic heterocycles. The van der Waals surface area contributed by atoms with E-state index in [0.29, 0.717) is 12.2 Å². The van der Waals surface area contributed by atoms with Crippen molar-refractivity contribution < 1.29 is 9.47 Å². The Balaban J connectivity index is 2.44. The molecular formula is C12H24O2. The first-order valence-electron chi connectivity index (χ1n) is 5.94. The normalized spacial score (nSPS) is 30.9. The van der Waals surface area contributed by atoms with Gasteiger partial charge in [0.05, 0.1) is 12.2 Å². The summed E-state index contributed by atoms with van der Waals surface area (Å²) < 4.78 is 11.8. The topological polar surface area (TPSA) is 18.5 Å². The molecule has 1 aliphatic rings. The largest absolute Gasteiger partial charge is 0.345 e. The lowest BCUT2D eigenvalue weighted by Gasteiger charge is -2.16. The summed E-state index contributed by atoms with van der Waals surface area (Å²) in [6.07, 6.45) is 6.56. The van der Waals surface area contributed by atoms with Crippen molar-refractivity contribution in [2.75, 3.05) is 0 Å². The van der Waals surface area contributed by atoms with Crippen molar-refractivity contribution in [3.8, 4) is 0 Å². The Bertz CT molecular complexity index is 166. The van der Waals surface area contributed by atoms with E-state index < -0.39 is 0 Å². The minimum absolute atomic E-state index is 0.321. The number of unbranched alkanes of at least 4 members (excludes halogenated alkanes) is 1. The predicted octanol–water partition coefficient (Wildman–Crippen LogP) is 3.50. The Kier molecular flexibility index (Phi) is 4.39. The molecule has 1 saturated heterocycles. The molecule has 1 heterocycles. The number of ether oxygens (including phenoxy) is 2. The summed E-state index contributed by atoms with van der Waals surface area (Å²) in [5.74, 6) is -0.363. The van der Waals surface area contributed by atoms with Gasteiger partial charge in [0.25, 0.3) is 0 Å². The van der Waals surface area contributed by atoms with Gasteiger partial charge >= 0.3 is 0 Å². The summed E-state index contributed by atoms with van der Waals surface area (Å²) in [5.41, 5.74) is 0. The summed E-state index contributed by atoms with van der Waals surface area (Å²) in [6.45, 7) is 8.45. The third-order valence-electron chi connectivity index (χ3n) is 2.70. The van der Waals surface area contributed by atoms with Crippen molar-refractivity contribution in [2.45, 2.75) is 77.8 Å². The van der Waals surface area contributed by atoms with Crippen LogP contribution in [0.25, 0.3) is 0 Å². The Morgan fingerprint density at radius 1 is 0.929 bits per heavy atom. The predicted molar refractivity (Wildman–Crippen MR) is 58.3 cm³/mol. The molecule has 14 heavy (non-hydrogen) atoms. The lowest BCUT2D eigenvalue weighted by Crippen LogP contribution is -2.22. The van der Waals surface area contributed by atoms with Gasteiger partial charge in [-0.05, 0) is 26.7 Å². The van der Waals surface area contributed by atoms with Crippen LogP contribution in [0, 0.1) is 0 Å². The molecule has 1 rings (SSSR count). The van der Waals surface area contributed by atoms with Crippen molar-refractivity contribution in [1.82, 2.24) is 0 Å². The maximum atomic E-state index is 5.89. The molecule has 0 aliphatic carbocycles. The van der Waals surface area contributed by atoms with Crippen molar-refractivity contribution in [3.63, 3.8) is 0 Å². The molecule has 2 heteroatoms. The molecule has 0 saturated carbocycles. The smallest absolute Gasteiger partial charge is 0.163 e. The van der Waals surface area contributed by atoms with Gasteiger partial charge < -0.3 is 9.47 Å². The van der Waals surface area contributed by atoms with E-state index in [1.807, 2.05) is 13.8 Å². The lowest BCUT2D eigenvalue weighted by molar-refractivity contribution is -0.147. The molecule has 0 aromatic heterocycles. The maximum absolute atomic E-state index is 5.89. The van der Waals surface area contributed by atoms with Gasteiger partial charge in [-0.15, -0.1) is 0 Å². The van der Waals surface area contributed by atoms with Crippen LogP contribution in [-0.4, -0.2) is 18.0 Å². The lowest BCUT2D eigenvalue weighted by atomic mass is 10.0. The third-order valence-corrected chi connectivity index (χ3v) is 2.70. The van der Waals surface area contributed by atoms with Crippen molar-refractivity contribution in [2.24, 2.45) is 0 Å². The second-order valence-corrected chi connectivity index (χ2v) is 4.64. The minimum Gasteiger partial charge on any atom is -0.345 e. The summed E-state index contributed by atoms with van der Waals surface area (Å²) in [5, 5.41) is 0. The molecule has 0 N–H and O–H groups in total. The molecule has 84 valence electrons. The van der Waals surface area contributed by atoms with E-state index in [1.165, 1.54) is 19.3 Å². The second-order valence-electron chi connectivity index (χ2n) is 4.64. The quantitative estimate of drug-likeness (QED) is 0.676. The monoisotopic (exact) mass is 200 g/mol. The SMILES string of the molecule is CCCCC1OC(C)(C)OC1CCC. The van der Waals surface area contributed by atoms with Gasteiger partial charge in [-0.1, -0.05) is 33.1 Å². The van der Waals surface area contributed by atoms with Gasteiger partial charge in [0.1, 0.15) is 0 Å². The highest BCUT2D eigenvalue weighted by molar-refractivity contribution is 4.80. The van der Waals surface area contributed by atoms with Crippen LogP contribution in [0.5, 0.6) is 0 Å². The van der Waals surface area contributed by atoms with Crippen LogP contribution in [0.15, 0.2) is 0 Å². The Labute approximate surface area is 88.0 Å². The highest BCUT2D eigenvalue weighted by Crippen LogP contribution is 2.32. The van der Waals surface area contributed by atoms with Crippen LogP contribution in [0.4, 0.5) is 0 Å². The summed E-state index contributed by atoms with van der Waals surface area (Å²) >= 11 is 0. The van der Waals surface area contributed by atoms with E-state index in [9.17, 15) is 0 Å². The molecular weight excluding hydrogens is 176 g/mol. The molecule has 0 aromatic rings. The molecule has 1 fully saturated rings. The molecule has 0 radical (unpaired) electrons. The average Bonchev–Trinajstić information content (AvgIpc) is 2.38. The van der Waals surface area contributed by atoms with E-state index in [-0.39, 0.29) is 5.79 Å². The van der Waals surface area contributed by atoms with Crippen LogP contribution in [-0.2, 0) is 9.47 Å². The van der Waals surface area contributed by atoms with Crippen molar-refractivity contribution >= 4 is 0 Å². The standard InChI is InChI=1S/C12H24O2/c1-5-7-9-11-10(8-6-2)13-12(3,4)14-11/h10-11H,5-9H2,1-4H3. The van der Waals surface area contributed by atoms with Crippen LogP contribution in [0.3, 0.4) is 0 Å². The first-order valence-corrected chi connectivity index (χ1v) is 5.94. The molecule has 0 bridgehead atoms. The van der Waals surface area contributed by atoms with E-state index in [0.717, 1.165) is 12.8 Å². The molecule has 2 unspecified atom stereocenters. The van der Waals surface area contributed by atoms with Crippen LogP contribution >= 0.6 is 0 Å². The zero-order valence-electron chi connectivity index (χ0n) is 10.0. The van der Waals surface area contributed by atoms with Gasteiger partial charge in [-0.2, -0.15) is 0 Å². The summed E-state index contributed by atoms with van der Waals surface area (Å²) in [4.78, 5) is 0. The van der Waals surface area contributed by atoms with Gasteiger partial charge in [0.2, 0.25) is 0 Å². The fourth-order valence-electron chi connectivity index (χ4n) is 2.09. The van der Waals surface area contributed by atoms with Crippen LogP contribution in [0.2, 0.25) is 0 Å². The molecule has 2 atom stereocenters. The van der Waals surface area contributed by atoms with Crippen molar-refractivity contribution in [3.05, 3.63) is 0 Å².